The number of imidazole rings is 1. The Morgan fingerprint density at radius 1 is 1.37 bits per heavy atom. The molecule has 3 aromatic rings. The fourth-order valence-electron chi connectivity index (χ4n) is 3.03. The number of aryl methyl sites for hydroxylation is 1. The molecule has 1 unspecified atom stereocenters. The maximum atomic E-state index is 6.28. The quantitative estimate of drug-likeness (QED) is 0.636. The number of hydrogen-bond donors (Lipinski definition) is 0. The Labute approximate surface area is 120 Å². The predicted octanol–water partition coefficient (Wildman–Crippen LogP) is 4.68. The first-order chi connectivity index (χ1) is 9.34. The number of hydrogen-bond acceptors (Lipinski definition) is 2. The van der Waals surface area contributed by atoms with E-state index in [0.29, 0.717) is 6.04 Å². The third-order valence-electron chi connectivity index (χ3n) is 3.93. The minimum atomic E-state index is 0.415. The van der Waals surface area contributed by atoms with Gasteiger partial charge in [-0.3, -0.25) is 0 Å². The van der Waals surface area contributed by atoms with E-state index in [4.69, 9.17) is 11.6 Å². The standard InChI is InChI=1S/C15H13ClN2S/c16-13-5-2-4-11-12(8-19-15(11)13)14-6-1-3-10-7-17-9-18(10)14/h2,4-5,7-9,14H,1,3,6H2. The minimum absolute atomic E-state index is 0.415. The molecule has 2 aromatic heterocycles. The largest absolute Gasteiger partial charge is 0.327 e. The molecule has 2 nitrogen and oxygen atoms in total. The van der Waals surface area contributed by atoms with Crippen molar-refractivity contribution >= 4 is 33.0 Å². The highest BCUT2D eigenvalue weighted by molar-refractivity contribution is 7.18. The molecule has 0 radical (unpaired) electrons. The summed E-state index contributed by atoms with van der Waals surface area (Å²) in [5.41, 5.74) is 2.74. The first-order valence-corrected chi connectivity index (χ1v) is 7.76. The molecule has 96 valence electrons. The van der Waals surface area contributed by atoms with Gasteiger partial charge in [0.2, 0.25) is 0 Å². The molecule has 0 aliphatic carbocycles. The number of aromatic nitrogens is 2. The van der Waals surface area contributed by atoms with Gasteiger partial charge in [0.25, 0.3) is 0 Å². The van der Waals surface area contributed by atoms with E-state index in [2.05, 4.69) is 21.0 Å². The minimum Gasteiger partial charge on any atom is -0.327 e. The molecule has 1 aliphatic rings. The van der Waals surface area contributed by atoms with Crippen molar-refractivity contribution in [1.82, 2.24) is 9.55 Å². The van der Waals surface area contributed by atoms with E-state index in [0.717, 1.165) is 11.4 Å². The summed E-state index contributed by atoms with van der Waals surface area (Å²) in [4.78, 5) is 4.30. The zero-order valence-corrected chi connectivity index (χ0v) is 11.9. The summed E-state index contributed by atoms with van der Waals surface area (Å²) >= 11 is 8.03. The van der Waals surface area contributed by atoms with Crippen LogP contribution in [0.1, 0.15) is 30.1 Å². The zero-order valence-electron chi connectivity index (χ0n) is 10.3. The Bertz CT molecular complexity index is 744. The van der Waals surface area contributed by atoms with Crippen LogP contribution in [0.25, 0.3) is 10.1 Å². The van der Waals surface area contributed by atoms with Crippen LogP contribution in [-0.4, -0.2) is 9.55 Å². The Morgan fingerprint density at radius 2 is 2.32 bits per heavy atom. The third kappa shape index (κ3) is 1.72. The third-order valence-corrected chi connectivity index (χ3v) is 5.41. The fraction of sp³-hybridized carbons (Fsp3) is 0.267. The highest BCUT2D eigenvalue weighted by Crippen LogP contribution is 2.39. The summed E-state index contributed by atoms with van der Waals surface area (Å²) in [6, 6.07) is 6.60. The van der Waals surface area contributed by atoms with Crippen LogP contribution >= 0.6 is 22.9 Å². The highest BCUT2D eigenvalue weighted by atomic mass is 35.5. The molecule has 19 heavy (non-hydrogen) atoms. The second-order valence-corrected chi connectivity index (χ2v) is 6.29. The zero-order chi connectivity index (χ0) is 12.8. The summed E-state index contributed by atoms with van der Waals surface area (Å²) in [6.45, 7) is 0. The van der Waals surface area contributed by atoms with E-state index < -0.39 is 0 Å². The van der Waals surface area contributed by atoms with Crippen LogP contribution in [0.15, 0.2) is 36.1 Å². The lowest BCUT2D eigenvalue weighted by Crippen LogP contribution is -2.17. The Balaban J connectivity index is 1.91. The van der Waals surface area contributed by atoms with Gasteiger partial charge in [-0.25, -0.2) is 4.98 Å². The van der Waals surface area contributed by atoms with Gasteiger partial charge in [0.15, 0.2) is 0 Å². The van der Waals surface area contributed by atoms with Crippen LogP contribution in [-0.2, 0) is 6.42 Å². The number of benzene rings is 1. The molecule has 0 saturated heterocycles. The summed E-state index contributed by atoms with van der Waals surface area (Å²) in [5, 5.41) is 4.41. The van der Waals surface area contributed by atoms with Crippen LogP contribution in [0.5, 0.6) is 0 Å². The first kappa shape index (κ1) is 11.5. The van der Waals surface area contributed by atoms with E-state index in [-0.39, 0.29) is 0 Å². The van der Waals surface area contributed by atoms with Gasteiger partial charge in [-0.1, -0.05) is 23.7 Å². The number of halogens is 1. The number of nitrogens with zero attached hydrogens (tertiary/aromatic N) is 2. The lowest BCUT2D eigenvalue weighted by atomic mass is 9.96. The lowest BCUT2D eigenvalue weighted by Gasteiger charge is -2.25. The summed E-state index contributed by atoms with van der Waals surface area (Å²) in [6.07, 6.45) is 7.51. The van der Waals surface area contributed by atoms with Crippen LogP contribution < -0.4 is 0 Å². The highest BCUT2D eigenvalue weighted by Gasteiger charge is 2.23. The van der Waals surface area contributed by atoms with Crippen molar-refractivity contribution in [3.63, 3.8) is 0 Å². The topological polar surface area (TPSA) is 17.8 Å². The van der Waals surface area contributed by atoms with Crippen LogP contribution in [0.4, 0.5) is 0 Å². The van der Waals surface area contributed by atoms with E-state index >= 15 is 0 Å². The van der Waals surface area contributed by atoms with Gasteiger partial charge >= 0.3 is 0 Å². The molecule has 1 aliphatic heterocycles. The number of thiophene rings is 1. The molecular formula is C15H13ClN2S. The van der Waals surface area contributed by atoms with Crippen molar-refractivity contribution in [2.45, 2.75) is 25.3 Å². The van der Waals surface area contributed by atoms with Crippen LogP contribution in [0.2, 0.25) is 5.02 Å². The molecule has 0 amide bonds. The average molecular weight is 289 g/mol. The van der Waals surface area contributed by atoms with Crippen molar-refractivity contribution in [2.75, 3.05) is 0 Å². The van der Waals surface area contributed by atoms with Gasteiger partial charge in [-0.2, -0.15) is 0 Å². The Morgan fingerprint density at radius 3 is 3.26 bits per heavy atom. The smallest absolute Gasteiger partial charge is 0.0953 e. The molecule has 4 heteroatoms. The number of rotatable bonds is 1. The molecule has 0 bridgehead atoms. The molecule has 1 atom stereocenters. The normalized spacial score (nSPS) is 18.7. The van der Waals surface area contributed by atoms with E-state index in [1.54, 1.807) is 11.3 Å². The van der Waals surface area contributed by atoms with E-state index in [1.807, 2.05) is 24.7 Å². The second kappa shape index (κ2) is 4.36. The summed E-state index contributed by atoms with van der Waals surface area (Å²) in [5.74, 6) is 0. The van der Waals surface area contributed by atoms with Gasteiger partial charge in [0, 0.05) is 11.9 Å². The van der Waals surface area contributed by atoms with E-state index in [9.17, 15) is 0 Å². The average Bonchev–Trinajstić information content (AvgIpc) is 3.05. The van der Waals surface area contributed by atoms with Gasteiger partial charge in [0.1, 0.15) is 0 Å². The lowest BCUT2D eigenvalue weighted by molar-refractivity contribution is 0.461. The second-order valence-electron chi connectivity index (χ2n) is 5.01. The van der Waals surface area contributed by atoms with Crippen molar-refractivity contribution in [1.29, 1.82) is 0 Å². The molecule has 3 heterocycles. The van der Waals surface area contributed by atoms with Crippen molar-refractivity contribution < 1.29 is 0 Å². The predicted molar refractivity (Wildman–Crippen MR) is 80.1 cm³/mol. The van der Waals surface area contributed by atoms with Gasteiger partial charge in [-0.15, -0.1) is 11.3 Å². The molecule has 0 spiro atoms. The maximum absolute atomic E-state index is 6.28. The van der Waals surface area contributed by atoms with Gasteiger partial charge in [0.05, 0.1) is 22.1 Å². The first-order valence-electron chi connectivity index (χ1n) is 6.51. The van der Waals surface area contributed by atoms with Crippen molar-refractivity contribution in [3.8, 4) is 0 Å². The summed E-state index contributed by atoms with van der Waals surface area (Å²) < 4.78 is 3.53. The number of fused-ring (bicyclic) bond motifs is 2. The van der Waals surface area contributed by atoms with Crippen LogP contribution in [0.3, 0.4) is 0 Å². The summed E-state index contributed by atoms with van der Waals surface area (Å²) in [7, 11) is 0. The monoisotopic (exact) mass is 288 g/mol. The fourth-order valence-corrected chi connectivity index (χ4v) is 4.36. The SMILES string of the molecule is Clc1cccc2c(C3CCCc4cncn43)csc12. The molecule has 0 saturated carbocycles. The van der Waals surface area contributed by atoms with Crippen molar-refractivity contribution in [3.05, 3.63) is 52.4 Å². The molecule has 4 rings (SSSR count). The van der Waals surface area contributed by atoms with Crippen molar-refractivity contribution in [2.24, 2.45) is 0 Å². The molecule has 0 N–H and O–H groups in total. The van der Waals surface area contributed by atoms with Gasteiger partial charge < -0.3 is 4.57 Å². The van der Waals surface area contributed by atoms with E-state index in [1.165, 1.54) is 34.2 Å². The molecule has 1 aromatic carbocycles. The van der Waals surface area contributed by atoms with Crippen LogP contribution in [0, 0.1) is 0 Å². The Kier molecular flexibility index (Phi) is 2.64. The van der Waals surface area contributed by atoms with Gasteiger partial charge in [-0.05, 0) is 41.7 Å². The maximum Gasteiger partial charge on any atom is 0.0953 e. The molecule has 0 fully saturated rings. The Hall–Kier alpha value is -1.32. The molecular weight excluding hydrogens is 276 g/mol.